The Bertz CT molecular complexity index is 1290. The van der Waals surface area contributed by atoms with Gasteiger partial charge in [-0.1, -0.05) is 12.1 Å². The number of hydrogen-bond acceptors (Lipinski definition) is 5. The number of sulfonamides is 1. The standard InChI is InChI=1S/C21H16IN3O4S/c1-13-19(12-17-8-11-20(29-17)14-2-4-15(22)5-3-14)21(26)25(24-13)16-6-9-18(10-7-16)30(23,27)28/h2-12H,1H3,(H2,23,27,28)/b19-12-. The number of benzene rings is 2. The summed E-state index contributed by atoms with van der Waals surface area (Å²) in [5, 5.41) is 10.6. The van der Waals surface area contributed by atoms with Crippen LogP contribution < -0.4 is 10.1 Å². The van der Waals surface area contributed by atoms with Crippen LogP contribution in [0.25, 0.3) is 17.4 Å². The van der Waals surface area contributed by atoms with E-state index >= 15 is 0 Å². The molecule has 0 radical (unpaired) electrons. The Morgan fingerprint density at radius 1 is 1.03 bits per heavy atom. The first-order valence-corrected chi connectivity index (χ1v) is 11.5. The van der Waals surface area contributed by atoms with Crippen LogP contribution in [0.3, 0.4) is 0 Å². The summed E-state index contributed by atoms with van der Waals surface area (Å²) in [4.78, 5) is 12.8. The molecule has 1 aromatic heterocycles. The summed E-state index contributed by atoms with van der Waals surface area (Å²) >= 11 is 2.24. The molecule has 9 heteroatoms. The highest BCUT2D eigenvalue weighted by atomic mass is 127. The lowest BCUT2D eigenvalue weighted by Gasteiger charge is -2.11. The second-order valence-corrected chi connectivity index (χ2v) is 9.42. The molecular weight excluding hydrogens is 517 g/mol. The Morgan fingerprint density at radius 2 is 1.70 bits per heavy atom. The van der Waals surface area contributed by atoms with Crippen LogP contribution in [0.15, 0.2) is 80.7 Å². The number of nitrogens with zero attached hydrogens (tertiary/aromatic N) is 2. The molecule has 0 saturated heterocycles. The minimum absolute atomic E-state index is 0.0342. The predicted octanol–water partition coefficient (Wildman–Crippen LogP) is 4.00. The van der Waals surface area contributed by atoms with Gasteiger partial charge in [-0.25, -0.2) is 13.6 Å². The number of primary sulfonamides is 1. The molecule has 152 valence electrons. The van der Waals surface area contributed by atoms with Crippen LogP contribution in [0.4, 0.5) is 5.69 Å². The van der Waals surface area contributed by atoms with E-state index in [2.05, 4.69) is 27.7 Å². The maximum atomic E-state index is 12.9. The molecule has 0 aliphatic carbocycles. The summed E-state index contributed by atoms with van der Waals surface area (Å²) < 4.78 is 29.8. The zero-order valence-electron chi connectivity index (χ0n) is 15.7. The largest absolute Gasteiger partial charge is 0.457 e. The Kier molecular flexibility index (Phi) is 5.35. The molecule has 1 aliphatic rings. The van der Waals surface area contributed by atoms with Crippen LogP contribution in [0, 0.1) is 3.57 Å². The molecule has 1 amide bonds. The number of anilines is 1. The number of furan rings is 1. The Balaban J connectivity index is 1.59. The minimum Gasteiger partial charge on any atom is -0.457 e. The maximum absolute atomic E-state index is 12.9. The van der Waals surface area contributed by atoms with E-state index in [1.54, 1.807) is 19.1 Å². The van der Waals surface area contributed by atoms with Gasteiger partial charge in [0.05, 0.1) is 21.9 Å². The van der Waals surface area contributed by atoms with Crippen LogP contribution >= 0.6 is 22.6 Å². The lowest BCUT2D eigenvalue weighted by atomic mass is 10.1. The summed E-state index contributed by atoms with van der Waals surface area (Å²) in [6, 6.07) is 17.2. The molecule has 0 saturated carbocycles. The van der Waals surface area contributed by atoms with Crippen LogP contribution in [0.5, 0.6) is 0 Å². The van der Waals surface area contributed by atoms with Gasteiger partial charge in [-0.2, -0.15) is 10.1 Å². The third-order valence-corrected chi connectivity index (χ3v) is 6.16. The lowest BCUT2D eigenvalue weighted by Crippen LogP contribution is -2.21. The van der Waals surface area contributed by atoms with E-state index in [0.29, 0.717) is 28.5 Å². The molecule has 3 aromatic rings. The van der Waals surface area contributed by atoms with Gasteiger partial charge < -0.3 is 4.42 Å². The zero-order valence-corrected chi connectivity index (χ0v) is 18.7. The summed E-state index contributed by atoms with van der Waals surface area (Å²) in [7, 11) is -3.81. The second-order valence-electron chi connectivity index (χ2n) is 6.61. The van der Waals surface area contributed by atoms with Crippen molar-refractivity contribution in [2.24, 2.45) is 10.2 Å². The topological polar surface area (TPSA) is 106 Å². The van der Waals surface area contributed by atoms with E-state index < -0.39 is 10.0 Å². The molecule has 2 heterocycles. The van der Waals surface area contributed by atoms with Gasteiger partial charge in [0.25, 0.3) is 5.91 Å². The number of halogens is 1. The van der Waals surface area contributed by atoms with Gasteiger partial charge in [-0.05, 0) is 84.1 Å². The fourth-order valence-electron chi connectivity index (χ4n) is 2.98. The van der Waals surface area contributed by atoms with Crippen LogP contribution in [0.2, 0.25) is 0 Å². The molecule has 0 unspecified atom stereocenters. The van der Waals surface area contributed by atoms with E-state index in [-0.39, 0.29) is 10.8 Å². The van der Waals surface area contributed by atoms with Crippen molar-refractivity contribution in [3.05, 3.63) is 75.6 Å². The monoisotopic (exact) mass is 533 g/mol. The van der Waals surface area contributed by atoms with E-state index in [1.165, 1.54) is 29.3 Å². The molecule has 4 rings (SSSR count). The normalized spacial score (nSPS) is 15.7. The van der Waals surface area contributed by atoms with Gasteiger partial charge in [0.2, 0.25) is 10.0 Å². The SMILES string of the molecule is CC1=NN(c2ccc(S(N)(=O)=O)cc2)C(=O)/C1=C\c1ccc(-c2ccc(I)cc2)o1. The average Bonchev–Trinajstić information content (AvgIpc) is 3.28. The van der Waals surface area contributed by atoms with E-state index in [4.69, 9.17) is 9.56 Å². The number of hydrogen-bond donors (Lipinski definition) is 1. The summed E-state index contributed by atoms with van der Waals surface area (Å²) in [5.41, 5.74) is 2.31. The maximum Gasteiger partial charge on any atom is 0.280 e. The second kappa shape index (κ2) is 7.82. The molecule has 2 N–H and O–H groups in total. The highest BCUT2D eigenvalue weighted by Gasteiger charge is 2.29. The number of amides is 1. The molecule has 0 bridgehead atoms. The van der Waals surface area contributed by atoms with Crippen LogP contribution in [0.1, 0.15) is 12.7 Å². The van der Waals surface area contributed by atoms with Crippen molar-refractivity contribution in [3.63, 3.8) is 0 Å². The summed E-state index contributed by atoms with van der Waals surface area (Å²) in [6.45, 7) is 1.73. The number of hydrazone groups is 1. The lowest BCUT2D eigenvalue weighted by molar-refractivity contribution is -0.114. The van der Waals surface area contributed by atoms with Crippen molar-refractivity contribution in [3.8, 4) is 11.3 Å². The fraction of sp³-hybridized carbons (Fsp3) is 0.0476. The van der Waals surface area contributed by atoms with Crippen molar-refractivity contribution in [1.82, 2.24) is 0 Å². The zero-order chi connectivity index (χ0) is 21.5. The molecule has 30 heavy (non-hydrogen) atoms. The van der Waals surface area contributed by atoms with Crippen molar-refractivity contribution < 1.29 is 17.6 Å². The fourth-order valence-corrected chi connectivity index (χ4v) is 3.85. The third kappa shape index (κ3) is 4.09. The number of rotatable bonds is 4. The van der Waals surface area contributed by atoms with Crippen LogP contribution in [-0.2, 0) is 14.8 Å². The van der Waals surface area contributed by atoms with Gasteiger partial charge in [-0.3, -0.25) is 4.79 Å². The highest BCUT2D eigenvalue weighted by Crippen LogP contribution is 2.28. The minimum atomic E-state index is -3.81. The molecule has 2 aromatic carbocycles. The van der Waals surface area contributed by atoms with Crippen LogP contribution in [-0.4, -0.2) is 20.0 Å². The molecule has 1 aliphatic heterocycles. The molecular formula is C21H16IN3O4S. The van der Waals surface area contributed by atoms with Gasteiger partial charge >= 0.3 is 0 Å². The quantitative estimate of drug-likeness (QED) is 0.404. The smallest absolute Gasteiger partial charge is 0.280 e. The average molecular weight is 533 g/mol. The van der Waals surface area contributed by atoms with Crippen molar-refractivity contribution in [2.75, 3.05) is 5.01 Å². The molecule has 0 spiro atoms. The molecule has 0 fully saturated rings. The van der Waals surface area contributed by atoms with Gasteiger partial charge in [0.1, 0.15) is 11.5 Å². The summed E-state index contributed by atoms with van der Waals surface area (Å²) in [5.74, 6) is 0.907. The Hall–Kier alpha value is -2.76. The highest BCUT2D eigenvalue weighted by molar-refractivity contribution is 14.1. The van der Waals surface area contributed by atoms with Crippen molar-refractivity contribution >= 4 is 56.0 Å². The summed E-state index contributed by atoms with van der Waals surface area (Å²) in [6.07, 6.45) is 1.65. The molecule has 0 atom stereocenters. The van der Waals surface area contributed by atoms with Crippen molar-refractivity contribution in [1.29, 1.82) is 0 Å². The van der Waals surface area contributed by atoms with E-state index in [1.807, 2.05) is 30.3 Å². The first-order valence-electron chi connectivity index (χ1n) is 8.83. The number of nitrogens with two attached hydrogens (primary N) is 1. The first kappa shape index (κ1) is 20.5. The number of carbonyl (C=O) groups is 1. The van der Waals surface area contributed by atoms with E-state index in [0.717, 1.165) is 9.13 Å². The Labute approximate surface area is 187 Å². The third-order valence-electron chi connectivity index (χ3n) is 4.51. The van der Waals surface area contributed by atoms with Gasteiger partial charge in [0.15, 0.2) is 0 Å². The molecule has 7 nitrogen and oxygen atoms in total. The Morgan fingerprint density at radius 3 is 2.33 bits per heavy atom. The van der Waals surface area contributed by atoms with Gasteiger partial charge in [-0.15, -0.1) is 0 Å². The van der Waals surface area contributed by atoms with E-state index in [9.17, 15) is 13.2 Å². The first-order chi connectivity index (χ1) is 14.2. The number of carbonyl (C=O) groups excluding carboxylic acids is 1. The predicted molar refractivity (Wildman–Crippen MR) is 123 cm³/mol. The van der Waals surface area contributed by atoms with Gasteiger partial charge in [0, 0.05) is 9.13 Å². The van der Waals surface area contributed by atoms with Crippen molar-refractivity contribution in [2.45, 2.75) is 11.8 Å².